The monoisotopic (exact) mass is 315 g/mol. The fourth-order valence-electron chi connectivity index (χ4n) is 2.04. The maximum atomic E-state index is 13.3. The van der Waals surface area contributed by atoms with Gasteiger partial charge in [-0.05, 0) is 47.0 Å². The molecular weight excluding hydrogens is 297 g/mol. The van der Waals surface area contributed by atoms with Gasteiger partial charge in [-0.1, -0.05) is 26.7 Å². The second-order valence-corrected chi connectivity index (χ2v) is 5.32. The Morgan fingerprint density at radius 2 is 2.00 bits per heavy atom. The zero-order chi connectivity index (χ0) is 13.7. The third kappa shape index (κ3) is 3.80. The highest BCUT2D eigenvalue weighted by Crippen LogP contribution is 2.17. The van der Waals surface area contributed by atoms with Gasteiger partial charge >= 0.3 is 0 Å². The molecule has 4 heteroatoms. The van der Waals surface area contributed by atoms with Crippen molar-refractivity contribution in [3.63, 3.8) is 0 Å². The van der Waals surface area contributed by atoms with E-state index in [0.29, 0.717) is 16.0 Å². The molecule has 1 amide bonds. The molecule has 2 nitrogen and oxygen atoms in total. The number of benzene rings is 1. The molecule has 0 bridgehead atoms. The highest BCUT2D eigenvalue weighted by Gasteiger charge is 2.17. The minimum atomic E-state index is -0.419. The van der Waals surface area contributed by atoms with Gasteiger partial charge in [0, 0.05) is 11.6 Å². The molecule has 1 atom stereocenters. The first kappa shape index (κ1) is 15.2. The molecule has 1 rings (SSSR count). The Balaban J connectivity index is 2.73. The SMILES string of the molecule is CCC(CC)C(C)NC(=O)c1ccc(Br)c(F)c1. The fourth-order valence-corrected chi connectivity index (χ4v) is 2.29. The summed E-state index contributed by atoms with van der Waals surface area (Å²) in [7, 11) is 0. The van der Waals surface area contributed by atoms with Gasteiger partial charge in [-0.15, -0.1) is 0 Å². The van der Waals surface area contributed by atoms with Gasteiger partial charge in [-0.3, -0.25) is 4.79 Å². The van der Waals surface area contributed by atoms with Crippen LogP contribution in [0.4, 0.5) is 4.39 Å². The maximum Gasteiger partial charge on any atom is 0.251 e. The van der Waals surface area contributed by atoms with E-state index in [1.54, 1.807) is 12.1 Å². The van der Waals surface area contributed by atoms with E-state index in [4.69, 9.17) is 0 Å². The maximum absolute atomic E-state index is 13.3. The van der Waals surface area contributed by atoms with E-state index >= 15 is 0 Å². The molecule has 1 unspecified atom stereocenters. The molecule has 0 spiro atoms. The van der Waals surface area contributed by atoms with E-state index in [1.165, 1.54) is 6.07 Å². The van der Waals surface area contributed by atoms with E-state index in [2.05, 4.69) is 35.1 Å². The highest BCUT2D eigenvalue weighted by atomic mass is 79.9. The van der Waals surface area contributed by atoms with E-state index in [-0.39, 0.29) is 11.9 Å². The summed E-state index contributed by atoms with van der Waals surface area (Å²) in [5.41, 5.74) is 0.355. The number of carbonyl (C=O) groups is 1. The van der Waals surface area contributed by atoms with E-state index < -0.39 is 5.82 Å². The molecular formula is C14H19BrFNO. The molecule has 0 aliphatic heterocycles. The van der Waals surface area contributed by atoms with Crippen LogP contribution in [-0.4, -0.2) is 11.9 Å². The van der Waals surface area contributed by atoms with Gasteiger partial charge in [0.25, 0.3) is 5.91 Å². The molecule has 1 aromatic rings. The summed E-state index contributed by atoms with van der Waals surface area (Å²) < 4.78 is 13.7. The third-order valence-corrected chi connectivity index (χ3v) is 3.94. The van der Waals surface area contributed by atoms with Gasteiger partial charge < -0.3 is 5.32 Å². The molecule has 1 N–H and O–H groups in total. The quantitative estimate of drug-likeness (QED) is 0.869. The van der Waals surface area contributed by atoms with E-state index in [9.17, 15) is 9.18 Å². The van der Waals surface area contributed by atoms with E-state index in [0.717, 1.165) is 12.8 Å². The van der Waals surface area contributed by atoms with Crippen LogP contribution < -0.4 is 5.32 Å². The molecule has 100 valence electrons. The lowest BCUT2D eigenvalue weighted by molar-refractivity contribution is 0.0924. The Labute approximate surface area is 116 Å². The number of hydrogen-bond acceptors (Lipinski definition) is 1. The van der Waals surface area contributed by atoms with Gasteiger partial charge in [0.2, 0.25) is 0 Å². The first-order valence-electron chi connectivity index (χ1n) is 6.25. The van der Waals surface area contributed by atoms with Crippen molar-refractivity contribution >= 4 is 21.8 Å². The van der Waals surface area contributed by atoms with Crippen LogP contribution in [0.2, 0.25) is 0 Å². The van der Waals surface area contributed by atoms with Crippen molar-refractivity contribution in [3.8, 4) is 0 Å². The van der Waals surface area contributed by atoms with Crippen LogP contribution in [0.5, 0.6) is 0 Å². The molecule has 0 radical (unpaired) electrons. The molecule has 0 fully saturated rings. The summed E-state index contributed by atoms with van der Waals surface area (Å²) in [6.45, 7) is 6.21. The molecule has 0 aliphatic rings. The minimum Gasteiger partial charge on any atom is -0.349 e. The van der Waals surface area contributed by atoms with Crippen molar-refractivity contribution in [2.24, 2.45) is 5.92 Å². The van der Waals surface area contributed by atoms with E-state index in [1.807, 2.05) is 6.92 Å². The molecule has 0 saturated heterocycles. The van der Waals surface area contributed by atoms with Gasteiger partial charge in [0.1, 0.15) is 5.82 Å². The molecule has 0 heterocycles. The Morgan fingerprint density at radius 1 is 1.39 bits per heavy atom. The number of halogens is 2. The van der Waals surface area contributed by atoms with Crippen LogP contribution in [0.15, 0.2) is 22.7 Å². The predicted octanol–water partition coefficient (Wildman–Crippen LogP) is 4.14. The fraction of sp³-hybridized carbons (Fsp3) is 0.500. The predicted molar refractivity (Wildman–Crippen MR) is 75.1 cm³/mol. The number of nitrogens with one attached hydrogen (secondary N) is 1. The Morgan fingerprint density at radius 3 is 2.50 bits per heavy atom. The second kappa shape index (κ2) is 6.88. The largest absolute Gasteiger partial charge is 0.349 e. The average molecular weight is 316 g/mol. The van der Waals surface area contributed by atoms with Crippen LogP contribution in [0.1, 0.15) is 44.0 Å². The number of rotatable bonds is 5. The lowest BCUT2D eigenvalue weighted by Crippen LogP contribution is -2.37. The standard InChI is InChI=1S/C14H19BrFNO/c1-4-10(5-2)9(3)17-14(18)11-6-7-12(15)13(16)8-11/h6-10H,4-5H2,1-3H3,(H,17,18). The summed E-state index contributed by atoms with van der Waals surface area (Å²) in [6, 6.07) is 4.51. The molecule has 0 saturated carbocycles. The van der Waals surface area contributed by atoms with Gasteiger partial charge in [-0.2, -0.15) is 0 Å². The van der Waals surface area contributed by atoms with Crippen molar-refractivity contribution in [1.29, 1.82) is 0 Å². The number of carbonyl (C=O) groups excluding carboxylic acids is 1. The number of hydrogen-bond donors (Lipinski definition) is 1. The summed E-state index contributed by atoms with van der Waals surface area (Å²) >= 11 is 3.07. The zero-order valence-corrected chi connectivity index (χ0v) is 12.6. The lowest BCUT2D eigenvalue weighted by Gasteiger charge is -2.22. The smallest absolute Gasteiger partial charge is 0.251 e. The van der Waals surface area contributed by atoms with Crippen molar-refractivity contribution in [3.05, 3.63) is 34.1 Å². The highest BCUT2D eigenvalue weighted by molar-refractivity contribution is 9.10. The van der Waals surface area contributed by atoms with Crippen molar-refractivity contribution in [2.45, 2.75) is 39.7 Å². The van der Waals surface area contributed by atoms with Gasteiger partial charge in [-0.25, -0.2) is 4.39 Å². The summed E-state index contributed by atoms with van der Waals surface area (Å²) in [5.74, 6) is -0.187. The molecule has 1 aromatic carbocycles. The second-order valence-electron chi connectivity index (χ2n) is 4.47. The first-order chi connectivity index (χ1) is 8.49. The Kier molecular flexibility index (Phi) is 5.79. The summed E-state index contributed by atoms with van der Waals surface area (Å²) in [5, 5.41) is 2.92. The van der Waals surface area contributed by atoms with Crippen LogP contribution in [0, 0.1) is 11.7 Å². The van der Waals surface area contributed by atoms with Crippen LogP contribution >= 0.6 is 15.9 Å². The zero-order valence-electron chi connectivity index (χ0n) is 11.0. The molecule has 18 heavy (non-hydrogen) atoms. The Bertz CT molecular complexity index is 418. The summed E-state index contributed by atoms with van der Waals surface area (Å²) in [6.07, 6.45) is 2.04. The first-order valence-corrected chi connectivity index (χ1v) is 7.04. The topological polar surface area (TPSA) is 29.1 Å². The lowest BCUT2D eigenvalue weighted by atomic mass is 9.95. The van der Waals surface area contributed by atoms with Gasteiger partial charge in [0.05, 0.1) is 4.47 Å². The Hall–Kier alpha value is -0.900. The van der Waals surface area contributed by atoms with Crippen LogP contribution in [0.25, 0.3) is 0 Å². The van der Waals surface area contributed by atoms with Crippen molar-refractivity contribution in [1.82, 2.24) is 5.32 Å². The molecule has 0 aliphatic carbocycles. The van der Waals surface area contributed by atoms with Crippen LogP contribution in [-0.2, 0) is 0 Å². The minimum absolute atomic E-state index is 0.0965. The van der Waals surface area contributed by atoms with Crippen molar-refractivity contribution in [2.75, 3.05) is 0 Å². The third-order valence-electron chi connectivity index (χ3n) is 3.30. The van der Waals surface area contributed by atoms with Gasteiger partial charge in [0.15, 0.2) is 0 Å². The van der Waals surface area contributed by atoms with Crippen molar-refractivity contribution < 1.29 is 9.18 Å². The normalized spacial score (nSPS) is 12.6. The number of amides is 1. The average Bonchev–Trinajstić information content (AvgIpc) is 2.34. The summed E-state index contributed by atoms with van der Waals surface area (Å²) in [4.78, 5) is 12.0. The molecule has 0 aromatic heterocycles. The van der Waals surface area contributed by atoms with Crippen LogP contribution in [0.3, 0.4) is 0 Å².